The summed E-state index contributed by atoms with van der Waals surface area (Å²) in [5.74, 6) is -3.16. The second-order valence-corrected chi connectivity index (χ2v) is 4.85. The summed E-state index contributed by atoms with van der Waals surface area (Å²) in [6, 6.07) is 5.45. The summed E-state index contributed by atoms with van der Waals surface area (Å²) in [4.78, 5) is 11.2. The minimum Gasteiger partial charge on any atom is -0.485 e. The monoisotopic (exact) mass is 296 g/mol. The van der Waals surface area contributed by atoms with Crippen molar-refractivity contribution in [3.8, 4) is 5.75 Å². The van der Waals surface area contributed by atoms with Crippen molar-refractivity contribution in [2.45, 2.75) is 6.61 Å². The quantitative estimate of drug-likeness (QED) is 0.856. The Morgan fingerprint density at radius 3 is 2.95 bits per heavy atom. The van der Waals surface area contributed by atoms with Crippen LogP contribution in [0.25, 0.3) is 6.08 Å². The molecule has 1 aromatic carbocycles. The molecule has 0 bridgehead atoms. The van der Waals surface area contributed by atoms with E-state index < -0.39 is 17.6 Å². The fourth-order valence-electron chi connectivity index (χ4n) is 1.47. The third-order valence-electron chi connectivity index (χ3n) is 2.38. The van der Waals surface area contributed by atoms with Crippen LogP contribution >= 0.6 is 11.3 Å². The molecular weight excluding hydrogens is 286 g/mol. The van der Waals surface area contributed by atoms with Crippen LogP contribution in [0.15, 0.2) is 35.7 Å². The van der Waals surface area contributed by atoms with Gasteiger partial charge in [0.2, 0.25) is 5.82 Å². The molecule has 0 spiro atoms. The molecular formula is C14H10F2O3S. The number of halogens is 2. The van der Waals surface area contributed by atoms with E-state index >= 15 is 0 Å². The summed E-state index contributed by atoms with van der Waals surface area (Å²) >= 11 is 1.35. The van der Waals surface area contributed by atoms with Crippen LogP contribution in [0.5, 0.6) is 5.75 Å². The molecule has 1 heterocycles. The molecule has 3 nitrogen and oxygen atoms in total. The molecule has 2 aromatic rings. The van der Waals surface area contributed by atoms with Gasteiger partial charge in [0.15, 0.2) is 11.6 Å². The Bertz CT molecular complexity index is 650. The van der Waals surface area contributed by atoms with Crippen LogP contribution in [0.4, 0.5) is 8.78 Å². The summed E-state index contributed by atoms with van der Waals surface area (Å²) in [7, 11) is 0. The van der Waals surface area contributed by atoms with Crippen molar-refractivity contribution in [2.24, 2.45) is 0 Å². The molecule has 0 aliphatic rings. The largest absolute Gasteiger partial charge is 0.485 e. The lowest BCUT2D eigenvalue weighted by atomic mass is 10.3. The van der Waals surface area contributed by atoms with Crippen molar-refractivity contribution in [3.63, 3.8) is 0 Å². The number of aliphatic carboxylic acids is 1. The Morgan fingerprint density at radius 2 is 2.20 bits per heavy atom. The first-order valence-electron chi connectivity index (χ1n) is 5.61. The van der Waals surface area contributed by atoms with E-state index in [1.807, 2.05) is 0 Å². The van der Waals surface area contributed by atoms with E-state index in [0.717, 1.165) is 22.6 Å². The van der Waals surface area contributed by atoms with Crippen LogP contribution in [0.2, 0.25) is 0 Å². The van der Waals surface area contributed by atoms with Crippen molar-refractivity contribution >= 4 is 23.4 Å². The number of rotatable bonds is 5. The van der Waals surface area contributed by atoms with Gasteiger partial charge in [-0.25, -0.2) is 9.18 Å². The van der Waals surface area contributed by atoms with E-state index in [1.54, 1.807) is 11.4 Å². The highest BCUT2D eigenvalue weighted by atomic mass is 32.1. The van der Waals surface area contributed by atoms with Crippen LogP contribution in [0.1, 0.15) is 10.4 Å². The fourth-order valence-corrected chi connectivity index (χ4v) is 2.24. The number of carboxylic acid groups (broad SMARTS) is 1. The minimum absolute atomic E-state index is 0.0892. The number of benzene rings is 1. The predicted molar refractivity (Wildman–Crippen MR) is 71.7 cm³/mol. The summed E-state index contributed by atoms with van der Waals surface area (Å²) in [6.07, 6.45) is 2.48. The van der Waals surface area contributed by atoms with Crippen molar-refractivity contribution in [1.29, 1.82) is 0 Å². The van der Waals surface area contributed by atoms with Crippen LogP contribution in [0.3, 0.4) is 0 Å². The molecule has 0 aliphatic carbocycles. The second-order valence-electron chi connectivity index (χ2n) is 3.86. The lowest BCUT2D eigenvalue weighted by Crippen LogP contribution is -1.97. The highest BCUT2D eigenvalue weighted by Gasteiger charge is 2.09. The Kier molecular flexibility index (Phi) is 4.47. The van der Waals surface area contributed by atoms with Gasteiger partial charge in [-0.3, -0.25) is 0 Å². The van der Waals surface area contributed by atoms with Crippen LogP contribution < -0.4 is 4.74 Å². The molecule has 2 rings (SSSR count). The maximum Gasteiger partial charge on any atom is 0.328 e. The number of carboxylic acids is 1. The fraction of sp³-hybridized carbons (Fsp3) is 0.0714. The van der Waals surface area contributed by atoms with Crippen LogP contribution in [0, 0.1) is 11.6 Å². The van der Waals surface area contributed by atoms with Gasteiger partial charge >= 0.3 is 5.97 Å². The summed E-state index contributed by atoms with van der Waals surface area (Å²) < 4.78 is 31.5. The Balaban J connectivity index is 2.01. The van der Waals surface area contributed by atoms with E-state index in [9.17, 15) is 13.6 Å². The molecule has 20 heavy (non-hydrogen) atoms. The molecule has 6 heteroatoms. The molecule has 0 amide bonds. The maximum atomic E-state index is 13.3. The molecule has 1 aromatic heterocycles. The van der Waals surface area contributed by atoms with E-state index in [4.69, 9.17) is 9.84 Å². The van der Waals surface area contributed by atoms with E-state index in [1.165, 1.54) is 29.5 Å². The zero-order valence-corrected chi connectivity index (χ0v) is 11.0. The van der Waals surface area contributed by atoms with E-state index in [0.29, 0.717) is 0 Å². The maximum absolute atomic E-state index is 13.3. The number of hydrogen-bond acceptors (Lipinski definition) is 3. The second kappa shape index (κ2) is 6.29. The molecule has 0 aliphatic heterocycles. The predicted octanol–water partition coefficient (Wildman–Crippen LogP) is 3.70. The zero-order valence-electron chi connectivity index (χ0n) is 10.2. The average molecular weight is 296 g/mol. The van der Waals surface area contributed by atoms with Gasteiger partial charge in [0.05, 0.1) is 0 Å². The highest BCUT2D eigenvalue weighted by Crippen LogP contribution is 2.22. The normalized spacial score (nSPS) is 10.9. The first kappa shape index (κ1) is 14.2. The SMILES string of the molecule is O=C(O)C=Cc1csc(COc2cccc(F)c2F)c1. The first-order valence-corrected chi connectivity index (χ1v) is 6.49. The number of thiophene rings is 1. The minimum atomic E-state index is -1.03. The third kappa shape index (κ3) is 3.64. The smallest absolute Gasteiger partial charge is 0.328 e. The van der Waals surface area contributed by atoms with E-state index in [2.05, 4.69) is 0 Å². The third-order valence-corrected chi connectivity index (χ3v) is 3.31. The Labute approximate surface area is 117 Å². The molecule has 0 saturated carbocycles. The molecule has 0 fully saturated rings. The highest BCUT2D eigenvalue weighted by molar-refractivity contribution is 7.10. The zero-order chi connectivity index (χ0) is 14.5. The lowest BCUT2D eigenvalue weighted by molar-refractivity contribution is -0.131. The Morgan fingerprint density at radius 1 is 1.40 bits per heavy atom. The van der Waals surface area contributed by atoms with Gasteiger partial charge in [-0.05, 0) is 35.2 Å². The van der Waals surface area contributed by atoms with Crippen LogP contribution in [-0.2, 0) is 11.4 Å². The van der Waals surface area contributed by atoms with Gasteiger partial charge in [-0.1, -0.05) is 6.07 Å². The summed E-state index contributed by atoms with van der Waals surface area (Å²) in [5.41, 5.74) is 0.718. The van der Waals surface area contributed by atoms with Gasteiger partial charge < -0.3 is 9.84 Å². The van der Waals surface area contributed by atoms with Crippen LogP contribution in [-0.4, -0.2) is 11.1 Å². The summed E-state index contributed by atoms with van der Waals surface area (Å²) in [6.45, 7) is 0.0892. The molecule has 104 valence electrons. The van der Waals surface area contributed by atoms with Gasteiger partial charge in [0, 0.05) is 11.0 Å². The number of hydrogen-bond donors (Lipinski definition) is 1. The van der Waals surface area contributed by atoms with Gasteiger partial charge in [0.25, 0.3) is 0 Å². The lowest BCUT2D eigenvalue weighted by Gasteiger charge is -2.05. The average Bonchev–Trinajstić information content (AvgIpc) is 2.86. The number of carbonyl (C=O) groups is 1. The van der Waals surface area contributed by atoms with Crippen molar-refractivity contribution in [1.82, 2.24) is 0 Å². The van der Waals surface area contributed by atoms with Gasteiger partial charge in [-0.2, -0.15) is 4.39 Å². The molecule has 0 unspecified atom stereocenters. The summed E-state index contributed by atoms with van der Waals surface area (Å²) in [5, 5.41) is 10.3. The van der Waals surface area contributed by atoms with Gasteiger partial charge in [0.1, 0.15) is 6.61 Å². The molecule has 0 atom stereocenters. The topological polar surface area (TPSA) is 46.5 Å². The molecule has 0 radical (unpaired) electrons. The molecule has 0 saturated heterocycles. The van der Waals surface area contributed by atoms with Crippen molar-refractivity contribution in [3.05, 3.63) is 57.8 Å². The van der Waals surface area contributed by atoms with E-state index in [-0.39, 0.29) is 12.4 Å². The molecule has 1 N–H and O–H groups in total. The Hall–Kier alpha value is -2.21. The number of ether oxygens (including phenoxy) is 1. The van der Waals surface area contributed by atoms with Crippen molar-refractivity contribution < 1.29 is 23.4 Å². The van der Waals surface area contributed by atoms with Gasteiger partial charge in [-0.15, -0.1) is 11.3 Å². The first-order chi connectivity index (χ1) is 9.56. The van der Waals surface area contributed by atoms with Crippen molar-refractivity contribution in [2.75, 3.05) is 0 Å². The standard InChI is InChI=1S/C14H10F2O3S/c15-11-2-1-3-12(14(11)16)19-7-10-6-9(8-20-10)4-5-13(17)18/h1-6,8H,7H2,(H,17,18).